The van der Waals surface area contributed by atoms with Crippen LogP contribution < -0.4 is 16.4 Å². The lowest BCUT2D eigenvalue weighted by atomic mass is 10.1. The second kappa shape index (κ2) is 9.62. The van der Waals surface area contributed by atoms with Gasteiger partial charge in [0, 0.05) is 30.2 Å². The Hall–Kier alpha value is -3.39. The Morgan fingerprint density at radius 3 is 2.52 bits per heavy atom. The zero-order chi connectivity index (χ0) is 24.2. The second-order valence-corrected chi connectivity index (χ2v) is 11.4. The lowest BCUT2D eigenvalue weighted by Crippen LogP contribution is -2.17. The Kier molecular flexibility index (Phi) is 7.07. The van der Waals surface area contributed by atoms with E-state index >= 15 is 0 Å². The van der Waals surface area contributed by atoms with Crippen molar-refractivity contribution in [2.24, 2.45) is 5.73 Å². The van der Waals surface area contributed by atoms with E-state index in [1.807, 2.05) is 6.07 Å². The first-order chi connectivity index (χ1) is 15.4. The van der Waals surface area contributed by atoms with Crippen molar-refractivity contribution in [1.82, 2.24) is 9.97 Å². The van der Waals surface area contributed by atoms with Crippen molar-refractivity contribution in [2.45, 2.75) is 18.9 Å². The van der Waals surface area contributed by atoms with Crippen molar-refractivity contribution in [3.63, 3.8) is 0 Å². The van der Waals surface area contributed by atoms with Crippen LogP contribution in [0.3, 0.4) is 0 Å². The van der Waals surface area contributed by atoms with Crippen molar-refractivity contribution in [3.8, 4) is 0 Å². The van der Waals surface area contributed by atoms with Gasteiger partial charge >= 0.3 is 6.18 Å². The number of anilines is 3. The number of alkyl halides is 3. The van der Waals surface area contributed by atoms with Crippen LogP contribution in [0.5, 0.6) is 0 Å². The summed E-state index contributed by atoms with van der Waals surface area (Å²) in [6.07, 6.45) is -3.61. The number of hydrogen-bond donors (Lipinski definition) is 3. The molecule has 0 aliphatic carbocycles. The number of primary amides is 1. The van der Waals surface area contributed by atoms with Crippen LogP contribution in [0.4, 0.5) is 30.6 Å². The predicted octanol–water partition coefficient (Wildman–Crippen LogP) is 5.07. The van der Waals surface area contributed by atoms with Gasteiger partial charge in [-0.15, -0.1) is 0 Å². The molecule has 7 nitrogen and oxygen atoms in total. The molecular formula is C22H23F3N5O2P. The molecule has 0 aliphatic heterocycles. The smallest absolute Gasteiger partial charge is 0.366 e. The number of carbonyl (C=O) groups excluding carboxylic acids is 1. The van der Waals surface area contributed by atoms with Crippen LogP contribution in [0.1, 0.15) is 27.0 Å². The molecule has 0 radical (unpaired) electrons. The lowest BCUT2D eigenvalue weighted by molar-refractivity contribution is -0.137. The molecule has 0 unspecified atom stereocenters. The molecule has 0 saturated carbocycles. The van der Waals surface area contributed by atoms with Gasteiger partial charge in [0.2, 0.25) is 11.9 Å². The maximum atomic E-state index is 13.5. The third-order valence-corrected chi connectivity index (χ3v) is 5.70. The Labute approximate surface area is 189 Å². The minimum atomic E-state index is -4.69. The number of nitrogens with zero attached hydrogens (tertiary/aromatic N) is 2. The highest BCUT2D eigenvalue weighted by molar-refractivity contribution is 7.61. The summed E-state index contributed by atoms with van der Waals surface area (Å²) in [5.74, 6) is -1.18. The van der Waals surface area contributed by atoms with E-state index in [4.69, 9.17) is 5.73 Å². The van der Waals surface area contributed by atoms with E-state index in [0.29, 0.717) is 23.6 Å². The number of amides is 1. The summed E-state index contributed by atoms with van der Waals surface area (Å²) in [7, 11) is -2.30. The number of rotatable bonds is 8. The fourth-order valence-corrected chi connectivity index (χ4v) is 4.27. The summed E-state index contributed by atoms with van der Waals surface area (Å²) in [5, 5.41) is 5.53. The molecule has 3 aromatic rings. The van der Waals surface area contributed by atoms with E-state index in [2.05, 4.69) is 20.6 Å². The fourth-order valence-electron chi connectivity index (χ4n) is 3.19. The third kappa shape index (κ3) is 6.79. The molecule has 0 bridgehead atoms. The molecule has 33 heavy (non-hydrogen) atoms. The molecule has 4 N–H and O–H groups in total. The van der Waals surface area contributed by atoms with Gasteiger partial charge in [-0.3, -0.25) is 4.79 Å². The number of nitrogens with two attached hydrogens (primary N) is 1. The number of benzene rings is 2. The van der Waals surface area contributed by atoms with Gasteiger partial charge in [0.15, 0.2) is 0 Å². The number of nitrogens with one attached hydrogen (secondary N) is 2. The number of carbonyl (C=O) groups is 1. The molecular weight excluding hydrogens is 454 g/mol. The van der Waals surface area contributed by atoms with E-state index in [9.17, 15) is 22.5 Å². The average molecular weight is 477 g/mol. The summed E-state index contributed by atoms with van der Waals surface area (Å²) in [6, 6.07) is 13.4. The van der Waals surface area contributed by atoms with Gasteiger partial charge in [-0.05, 0) is 42.7 Å². The molecule has 1 amide bonds. The van der Waals surface area contributed by atoms with Crippen LogP contribution in [0.25, 0.3) is 0 Å². The summed E-state index contributed by atoms with van der Waals surface area (Å²) in [4.78, 5) is 19.4. The monoisotopic (exact) mass is 477 g/mol. The van der Waals surface area contributed by atoms with Gasteiger partial charge in [-0.2, -0.15) is 18.2 Å². The first-order valence-corrected chi connectivity index (χ1v) is 12.7. The van der Waals surface area contributed by atoms with Crippen molar-refractivity contribution in [2.75, 3.05) is 24.0 Å². The van der Waals surface area contributed by atoms with E-state index in [-0.39, 0.29) is 18.1 Å². The Morgan fingerprint density at radius 1 is 1.12 bits per heavy atom. The van der Waals surface area contributed by atoms with Gasteiger partial charge < -0.3 is 20.9 Å². The zero-order valence-corrected chi connectivity index (χ0v) is 18.9. The highest BCUT2D eigenvalue weighted by Gasteiger charge is 2.35. The number of hydrogen-bond acceptors (Lipinski definition) is 6. The Balaban J connectivity index is 1.88. The SMILES string of the molecule is CP(C)(=O)Cc1cccc(Nc2ncc(C(F)(F)F)c(NCc3ccccc3C(N)=O)n2)c1. The van der Waals surface area contributed by atoms with Crippen molar-refractivity contribution in [3.05, 3.63) is 77.0 Å². The van der Waals surface area contributed by atoms with Gasteiger partial charge in [0.1, 0.15) is 11.4 Å². The van der Waals surface area contributed by atoms with Crippen LogP contribution in [-0.2, 0) is 23.4 Å². The third-order valence-electron chi connectivity index (χ3n) is 4.57. The largest absolute Gasteiger partial charge is 0.421 e. The highest BCUT2D eigenvalue weighted by Crippen LogP contribution is 2.40. The maximum Gasteiger partial charge on any atom is 0.421 e. The van der Waals surface area contributed by atoms with E-state index in [0.717, 1.165) is 5.56 Å². The maximum absolute atomic E-state index is 13.5. The quantitative estimate of drug-likeness (QED) is 0.391. The molecule has 3 rings (SSSR count). The molecule has 0 spiro atoms. The van der Waals surface area contributed by atoms with E-state index in [1.54, 1.807) is 49.7 Å². The summed E-state index contributed by atoms with van der Waals surface area (Å²) in [5.41, 5.74) is 6.30. The van der Waals surface area contributed by atoms with Gasteiger partial charge in [-0.1, -0.05) is 30.3 Å². The standard InChI is InChI=1S/C22H23F3N5O2P/c1-33(2,32)13-14-6-5-8-16(10-14)29-21-28-12-18(22(23,24)25)20(30-21)27-11-15-7-3-4-9-17(15)19(26)31/h3-10,12H,11,13H2,1-2H3,(H2,26,31)(H2,27,28,29,30). The van der Waals surface area contributed by atoms with Crippen molar-refractivity contribution >= 4 is 30.5 Å². The second-order valence-electron chi connectivity index (χ2n) is 7.89. The van der Waals surface area contributed by atoms with Gasteiger partial charge in [-0.25, -0.2) is 4.98 Å². The van der Waals surface area contributed by atoms with Crippen molar-refractivity contribution in [1.29, 1.82) is 0 Å². The lowest BCUT2D eigenvalue weighted by Gasteiger charge is -2.16. The van der Waals surface area contributed by atoms with Crippen LogP contribution in [0.15, 0.2) is 54.7 Å². The van der Waals surface area contributed by atoms with E-state index in [1.165, 1.54) is 6.07 Å². The zero-order valence-electron chi connectivity index (χ0n) is 18.0. The minimum Gasteiger partial charge on any atom is -0.366 e. The average Bonchev–Trinajstić information content (AvgIpc) is 2.70. The molecule has 0 fully saturated rings. The number of halogens is 3. The summed E-state index contributed by atoms with van der Waals surface area (Å²) >= 11 is 0. The molecule has 1 heterocycles. The molecule has 2 aromatic carbocycles. The Bertz CT molecular complexity index is 1210. The first kappa shape index (κ1) is 24.3. The van der Waals surface area contributed by atoms with Crippen LogP contribution in [0, 0.1) is 0 Å². The molecule has 11 heteroatoms. The fraction of sp³-hybridized carbons (Fsp3) is 0.227. The van der Waals surface area contributed by atoms with Crippen LogP contribution in [-0.4, -0.2) is 29.2 Å². The van der Waals surface area contributed by atoms with Crippen molar-refractivity contribution < 1.29 is 22.5 Å². The minimum absolute atomic E-state index is 0.0537. The Morgan fingerprint density at radius 2 is 1.85 bits per heavy atom. The first-order valence-electron chi connectivity index (χ1n) is 9.88. The summed E-state index contributed by atoms with van der Waals surface area (Å²) in [6.45, 7) is 3.26. The normalized spacial score (nSPS) is 11.8. The highest BCUT2D eigenvalue weighted by atomic mass is 31.2. The van der Waals surface area contributed by atoms with E-state index < -0.39 is 30.6 Å². The molecule has 0 saturated heterocycles. The molecule has 0 aliphatic rings. The van der Waals surface area contributed by atoms with Crippen LogP contribution in [0.2, 0.25) is 0 Å². The molecule has 1 aromatic heterocycles. The van der Waals surface area contributed by atoms with Gasteiger partial charge in [0.25, 0.3) is 0 Å². The van der Waals surface area contributed by atoms with Crippen LogP contribution >= 0.6 is 7.14 Å². The molecule has 174 valence electrons. The van der Waals surface area contributed by atoms with Gasteiger partial charge in [0.05, 0.1) is 7.14 Å². The molecule has 0 atom stereocenters. The summed E-state index contributed by atoms with van der Waals surface area (Å²) < 4.78 is 52.6. The predicted molar refractivity (Wildman–Crippen MR) is 122 cm³/mol. The number of aromatic nitrogens is 2. The topological polar surface area (TPSA) is 110 Å².